The van der Waals surface area contributed by atoms with E-state index in [4.69, 9.17) is 11.5 Å². The number of nitrogens with zero attached hydrogens (tertiary/aromatic N) is 2. The molecule has 6 unspecified atom stereocenters. The highest BCUT2D eigenvalue weighted by Gasteiger charge is 2.45. The van der Waals surface area contributed by atoms with Gasteiger partial charge in [0.1, 0.15) is 12.3 Å². The van der Waals surface area contributed by atoms with Crippen LogP contribution >= 0.6 is 0 Å². The Balaban J connectivity index is 1.24. The Morgan fingerprint density at radius 3 is 2.41 bits per heavy atom. The zero-order valence-corrected chi connectivity index (χ0v) is 24.7. The Hall–Kier alpha value is -1.40. The molecule has 1 saturated carbocycles. The maximum atomic E-state index is 15.5. The van der Waals surface area contributed by atoms with Gasteiger partial charge in [-0.1, -0.05) is 12.8 Å². The highest BCUT2D eigenvalue weighted by Crippen LogP contribution is 2.47. The third-order valence-corrected chi connectivity index (χ3v) is 10.8. The summed E-state index contributed by atoms with van der Waals surface area (Å²) in [4.78, 5) is 30.2. The smallest absolute Gasteiger partial charge is 0.227 e. The number of piperidine rings is 2. The summed E-state index contributed by atoms with van der Waals surface area (Å²) in [5.41, 5.74) is 12.6. The van der Waals surface area contributed by atoms with E-state index in [-0.39, 0.29) is 36.4 Å². The van der Waals surface area contributed by atoms with Crippen molar-refractivity contribution in [2.24, 2.45) is 28.7 Å². The average Bonchev–Trinajstić information content (AvgIpc) is 3.57. The van der Waals surface area contributed by atoms with Crippen molar-refractivity contribution in [3.63, 3.8) is 0 Å². The Labute approximate surface area is 244 Å². The highest BCUT2D eigenvalue weighted by molar-refractivity contribution is 5.80. The van der Waals surface area contributed by atoms with Crippen molar-refractivity contribution in [1.82, 2.24) is 25.8 Å². The van der Waals surface area contributed by atoms with Crippen molar-refractivity contribution in [3.8, 4) is 0 Å². The first-order valence-corrected chi connectivity index (χ1v) is 16.3. The minimum atomic E-state index is -1.12. The van der Waals surface area contributed by atoms with Crippen molar-refractivity contribution < 1.29 is 18.4 Å². The molecule has 9 nitrogen and oxygen atoms in total. The van der Waals surface area contributed by atoms with Gasteiger partial charge in [0.15, 0.2) is 0 Å². The summed E-state index contributed by atoms with van der Waals surface area (Å²) in [6, 6.07) is -1.19. The van der Waals surface area contributed by atoms with E-state index in [2.05, 4.69) is 20.9 Å². The summed E-state index contributed by atoms with van der Waals surface area (Å²) in [5.74, 6) is -0.325. The minimum absolute atomic E-state index is 0.0954. The molecule has 4 heterocycles. The molecule has 0 radical (unpaired) electrons. The molecular formula is C30H53F2N7O2. The fourth-order valence-electron chi connectivity index (χ4n) is 8.59. The van der Waals surface area contributed by atoms with Crippen LogP contribution in [0.5, 0.6) is 0 Å². The molecule has 0 bridgehead atoms. The SMILES string of the molecule is NC(N)C(C(=O)NC1CNCC(F)C1N1CCC(CN2CCCC2=O)CC1)C1CC2(CCCC2)CCCC(F)CN1. The minimum Gasteiger partial charge on any atom is -0.350 e. The van der Waals surface area contributed by atoms with E-state index in [9.17, 15) is 14.0 Å². The van der Waals surface area contributed by atoms with E-state index in [1.807, 2.05) is 4.90 Å². The lowest BCUT2D eigenvalue weighted by Gasteiger charge is -2.46. The number of halogens is 2. The summed E-state index contributed by atoms with van der Waals surface area (Å²) < 4.78 is 30.2. The second-order valence-corrected chi connectivity index (χ2v) is 13.7. The number of carbonyl (C=O) groups is 2. The van der Waals surface area contributed by atoms with Crippen LogP contribution in [0.3, 0.4) is 0 Å². The van der Waals surface area contributed by atoms with Crippen LogP contribution in [0.25, 0.3) is 0 Å². The first kappa shape index (κ1) is 31.0. The van der Waals surface area contributed by atoms with Gasteiger partial charge >= 0.3 is 0 Å². The molecule has 1 spiro atoms. The number of nitrogens with two attached hydrogens (primary N) is 2. The van der Waals surface area contributed by atoms with E-state index in [1.165, 1.54) is 0 Å². The number of hydrogen-bond donors (Lipinski definition) is 5. The van der Waals surface area contributed by atoms with Crippen LogP contribution in [0.1, 0.15) is 77.0 Å². The number of alkyl halides is 2. The first-order valence-electron chi connectivity index (χ1n) is 16.3. The normalized spacial score (nSPS) is 34.9. The number of amides is 2. The molecule has 5 rings (SSSR count). The predicted molar refractivity (Wildman–Crippen MR) is 155 cm³/mol. The number of likely N-dealkylation sites (tertiary alicyclic amines) is 2. The molecule has 0 aromatic heterocycles. The van der Waals surface area contributed by atoms with E-state index in [0.717, 1.165) is 90.4 Å². The van der Waals surface area contributed by atoms with Gasteiger partial charge in [-0.2, -0.15) is 0 Å². The van der Waals surface area contributed by atoms with Gasteiger partial charge in [-0.25, -0.2) is 8.78 Å². The van der Waals surface area contributed by atoms with E-state index in [1.54, 1.807) is 0 Å². The molecule has 234 valence electrons. The quantitative estimate of drug-likeness (QED) is 0.288. The van der Waals surface area contributed by atoms with Crippen molar-refractivity contribution >= 4 is 11.8 Å². The van der Waals surface area contributed by atoms with Gasteiger partial charge < -0.3 is 32.3 Å². The largest absolute Gasteiger partial charge is 0.350 e. The first-order chi connectivity index (χ1) is 19.7. The third kappa shape index (κ3) is 7.58. The number of rotatable bonds is 7. The lowest BCUT2D eigenvalue weighted by molar-refractivity contribution is -0.129. The summed E-state index contributed by atoms with van der Waals surface area (Å²) >= 11 is 0. The number of hydrogen-bond acceptors (Lipinski definition) is 7. The molecule has 1 aliphatic carbocycles. The molecule has 2 amide bonds. The molecule has 41 heavy (non-hydrogen) atoms. The molecule has 0 aromatic carbocycles. The van der Waals surface area contributed by atoms with Crippen LogP contribution < -0.4 is 27.4 Å². The average molecular weight is 582 g/mol. The third-order valence-electron chi connectivity index (χ3n) is 10.8. The Kier molecular flexibility index (Phi) is 10.5. The van der Waals surface area contributed by atoms with Crippen LogP contribution in [0.15, 0.2) is 0 Å². The molecule has 11 heteroatoms. The van der Waals surface area contributed by atoms with Gasteiger partial charge in [-0.15, -0.1) is 0 Å². The topological polar surface area (TPSA) is 129 Å². The maximum absolute atomic E-state index is 15.5. The maximum Gasteiger partial charge on any atom is 0.227 e. The lowest BCUT2D eigenvalue weighted by Crippen LogP contribution is -2.67. The van der Waals surface area contributed by atoms with Crippen LogP contribution in [-0.2, 0) is 9.59 Å². The second-order valence-electron chi connectivity index (χ2n) is 13.7. The zero-order chi connectivity index (χ0) is 29.0. The number of carbonyl (C=O) groups excluding carboxylic acids is 2. The molecule has 4 aliphatic heterocycles. The molecule has 0 aromatic rings. The Morgan fingerprint density at radius 1 is 1.00 bits per heavy atom. The van der Waals surface area contributed by atoms with Gasteiger partial charge in [0.05, 0.1) is 24.2 Å². The van der Waals surface area contributed by atoms with Crippen LogP contribution in [-0.4, -0.2) is 104 Å². The molecule has 5 aliphatic rings. The van der Waals surface area contributed by atoms with Gasteiger partial charge in [0.25, 0.3) is 0 Å². The summed E-state index contributed by atoms with van der Waals surface area (Å²) in [6.07, 6.45) is 8.06. The van der Waals surface area contributed by atoms with E-state index < -0.39 is 36.5 Å². The lowest BCUT2D eigenvalue weighted by atomic mass is 9.73. The molecule has 7 N–H and O–H groups in total. The van der Waals surface area contributed by atoms with Crippen molar-refractivity contribution in [2.75, 3.05) is 45.8 Å². The second kappa shape index (κ2) is 13.9. The Bertz CT molecular complexity index is 881. The van der Waals surface area contributed by atoms with Crippen molar-refractivity contribution in [2.45, 2.75) is 114 Å². The molecular weight excluding hydrogens is 528 g/mol. The van der Waals surface area contributed by atoms with Gasteiger partial charge in [-0.3, -0.25) is 14.5 Å². The van der Waals surface area contributed by atoms with Crippen molar-refractivity contribution in [1.29, 1.82) is 0 Å². The standard InChI is InChI=1S/C30H53F2N7O2/c31-21-5-3-11-30(9-1-2-10-30)15-23(36-16-21)26(28(33)34)29(41)37-24-18-35-17-22(32)27(24)38-13-7-20(8-14-38)19-39-12-4-6-25(39)40/h20-24,26-28,35-36H,1-19,33-34H2,(H,37,41). The highest BCUT2D eigenvalue weighted by atomic mass is 19.1. The fraction of sp³-hybridized carbons (Fsp3) is 0.933. The van der Waals surface area contributed by atoms with E-state index >= 15 is 4.39 Å². The van der Waals surface area contributed by atoms with Gasteiger partial charge in [0.2, 0.25) is 11.8 Å². The zero-order valence-electron chi connectivity index (χ0n) is 24.7. The Morgan fingerprint density at radius 2 is 1.73 bits per heavy atom. The number of nitrogens with one attached hydrogen (secondary N) is 3. The molecule has 4 saturated heterocycles. The molecule has 5 fully saturated rings. The van der Waals surface area contributed by atoms with Crippen molar-refractivity contribution in [3.05, 3.63) is 0 Å². The molecule has 6 atom stereocenters. The predicted octanol–water partition coefficient (Wildman–Crippen LogP) is 1.41. The van der Waals surface area contributed by atoms with E-state index in [0.29, 0.717) is 25.3 Å². The summed E-state index contributed by atoms with van der Waals surface area (Å²) in [5, 5.41) is 9.67. The van der Waals surface area contributed by atoms with Crippen LogP contribution in [0, 0.1) is 17.3 Å². The summed E-state index contributed by atoms with van der Waals surface area (Å²) in [7, 11) is 0. The summed E-state index contributed by atoms with van der Waals surface area (Å²) in [6.45, 7) is 4.05. The van der Waals surface area contributed by atoms with Crippen LogP contribution in [0.2, 0.25) is 0 Å². The van der Waals surface area contributed by atoms with Gasteiger partial charge in [0, 0.05) is 45.2 Å². The monoisotopic (exact) mass is 581 g/mol. The fourth-order valence-corrected chi connectivity index (χ4v) is 8.59. The van der Waals surface area contributed by atoms with Gasteiger partial charge in [-0.05, 0) is 82.2 Å². The van der Waals surface area contributed by atoms with Crippen LogP contribution in [0.4, 0.5) is 8.78 Å².